The number of imidazole rings is 1. The molecule has 0 saturated carbocycles. The molecule has 26 heavy (non-hydrogen) atoms. The molecule has 0 aliphatic carbocycles. The van der Waals surface area contributed by atoms with Crippen molar-refractivity contribution in [3.63, 3.8) is 0 Å². The zero-order valence-corrected chi connectivity index (χ0v) is 13.6. The molecule has 8 nitrogen and oxygen atoms in total. The Bertz CT molecular complexity index is 1090. The van der Waals surface area contributed by atoms with Crippen LogP contribution in [-0.2, 0) is 0 Å². The van der Waals surface area contributed by atoms with Crippen molar-refractivity contribution >= 4 is 11.5 Å². The average Bonchev–Trinajstić information content (AvgIpc) is 3.12. The molecule has 3 rings (SSSR count). The van der Waals surface area contributed by atoms with Crippen molar-refractivity contribution in [2.75, 3.05) is 12.4 Å². The molecule has 0 aliphatic rings. The van der Waals surface area contributed by atoms with E-state index in [1.54, 1.807) is 40.9 Å². The van der Waals surface area contributed by atoms with Gasteiger partial charge in [0.25, 0.3) is 0 Å². The van der Waals surface area contributed by atoms with Crippen molar-refractivity contribution in [2.45, 2.75) is 0 Å². The zero-order chi connectivity index (χ0) is 18.5. The van der Waals surface area contributed by atoms with Gasteiger partial charge >= 0.3 is 0 Å². The molecule has 2 aromatic heterocycles. The second kappa shape index (κ2) is 7.04. The minimum absolute atomic E-state index is 0.151. The van der Waals surface area contributed by atoms with E-state index in [0.717, 1.165) is 5.56 Å². The number of benzene rings is 1. The molecule has 1 N–H and O–H groups in total. The monoisotopic (exact) mass is 341 g/mol. The Hall–Kier alpha value is -4.35. The fourth-order valence-corrected chi connectivity index (χ4v) is 2.35. The Balaban J connectivity index is 2.07. The molecule has 0 atom stereocenters. The molecule has 0 bridgehead atoms. The predicted octanol–water partition coefficient (Wildman–Crippen LogP) is 2.64. The quantitative estimate of drug-likeness (QED) is 0.723. The summed E-state index contributed by atoms with van der Waals surface area (Å²) in [5.41, 5.74) is 1.41. The van der Waals surface area contributed by atoms with Crippen LogP contribution in [0.15, 0.2) is 54.1 Å². The molecule has 124 valence electrons. The third-order valence-electron chi connectivity index (χ3n) is 3.58. The van der Waals surface area contributed by atoms with Crippen molar-refractivity contribution in [3.8, 4) is 35.2 Å². The lowest BCUT2D eigenvalue weighted by Crippen LogP contribution is -2.02. The van der Waals surface area contributed by atoms with Gasteiger partial charge in [-0.1, -0.05) is 0 Å². The van der Waals surface area contributed by atoms with Gasteiger partial charge in [-0.3, -0.25) is 4.40 Å². The highest BCUT2D eigenvalue weighted by atomic mass is 16.5. The van der Waals surface area contributed by atoms with Gasteiger partial charge in [0.05, 0.1) is 18.5 Å². The van der Waals surface area contributed by atoms with Gasteiger partial charge in [-0.2, -0.15) is 15.8 Å². The summed E-state index contributed by atoms with van der Waals surface area (Å²) in [4.78, 5) is 8.63. The molecule has 1 aromatic carbocycles. The smallest absolute Gasteiger partial charge is 0.234 e. The van der Waals surface area contributed by atoms with Crippen LogP contribution in [0.1, 0.15) is 0 Å². The van der Waals surface area contributed by atoms with Crippen molar-refractivity contribution in [1.29, 1.82) is 15.8 Å². The number of anilines is 1. The van der Waals surface area contributed by atoms with Crippen LogP contribution in [0, 0.1) is 34.0 Å². The predicted molar refractivity (Wildman–Crippen MR) is 92.5 cm³/mol. The van der Waals surface area contributed by atoms with E-state index in [4.69, 9.17) is 15.3 Å². The summed E-state index contributed by atoms with van der Waals surface area (Å²) in [6.07, 6.45) is 5.32. The number of hydrogen-bond donors (Lipinski definition) is 1. The first-order chi connectivity index (χ1) is 12.7. The van der Waals surface area contributed by atoms with Gasteiger partial charge in [-0.15, -0.1) is 0 Å². The van der Waals surface area contributed by atoms with Crippen LogP contribution >= 0.6 is 0 Å². The summed E-state index contributed by atoms with van der Waals surface area (Å²) < 4.78 is 7.08. The molecule has 0 aliphatic heterocycles. The first kappa shape index (κ1) is 16.5. The minimum atomic E-state index is -0.308. The molecule has 0 unspecified atom stereocenters. The Labute approximate surface area is 148 Å². The third kappa shape index (κ3) is 3.01. The van der Waals surface area contributed by atoms with Crippen LogP contribution < -0.4 is 10.1 Å². The van der Waals surface area contributed by atoms with E-state index < -0.39 is 0 Å². The van der Waals surface area contributed by atoms with E-state index in [1.807, 2.05) is 24.5 Å². The van der Waals surface area contributed by atoms with E-state index in [1.165, 1.54) is 7.11 Å². The Morgan fingerprint density at radius 3 is 2.65 bits per heavy atom. The van der Waals surface area contributed by atoms with Crippen LogP contribution in [-0.4, -0.2) is 21.5 Å². The molecule has 0 amide bonds. The molecule has 3 aromatic rings. The number of rotatable bonds is 4. The number of nitriles is 3. The number of nitrogens with one attached hydrogen (secondary N) is 1. The summed E-state index contributed by atoms with van der Waals surface area (Å²) >= 11 is 0. The van der Waals surface area contributed by atoms with Gasteiger partial charge in [0.15, 0.2) is 5.57 Å². The van der Waals surface area contributed by atoms with Crippen LogP contribution in [0.5, 0.6) is 5.75 Å². The minimum Gasteiger partial charge on any atom is -0.495 e. The Morgan fingerprint density at radius 2 is 2.00 bits per heavy atom. The van der Waals surface area contributed by atoms with Gasteiger partial charge in [-0.25, -0.2) is 9.97 Å². The third-order valence-corrected chi connectivity index (χ3v) is 3.58. The van der Waals surface area contributed by atoms with Crippen molar-refractivity contribution in [2.24, 2.45) is 0 Å². The lowest BCUT2D eigenvalue weighted by Gasteiger charge is -2.11. The highest BCUT2D eigenvalue weighted by Gasteiger charge is 2.13. The van der Waals surface area contributed by atoms with Crippen LogP contribution in [0.3, 0.4) is 0 Å². The highest BCUT2D eigenvalue weighted by molar-refractivity contribution is 5.73. The van der Waals surface area contributed by atoms with Gasteiger partial charge in [-0.05, 0) is 24.3 Å². The normalized spacial score (nSPS) is 9.62. The first-order valence-electron chi connectivity index (χ1n) is 7.40. The number of nitrogens with zero attached hydrogens (tertiary/aromatic N) is 6. The SMILES string of the molecule is COc1ccc(-c2cn3cccnc3n2)cc1NC(C#N)=C(C#N)C#N. The average molecular weight is 341 g/mol. The largest absolute Gasteiger partial charge is 0.495 e. The second-order valence-corrected chi connectivity index (χ2v) is 5.08. The van der Waals surface area contributed by atoms with E-state index in [2.05, 4.69) is 15.3 Å². The fourth-order valence-electron chi connectivity index (χ4n) is 2.35. The molecular weight excluding hydrogens is 330 g/mol. The van der Waals surface area contributed by atoms with Crippen molar-refractivity contribution < 1.29 is 4.74 Å². The summed E-state index contributed by atoms with van der Waals surface area (Å²) in [6, 6.07) is 12.3. The summed E-state index contributed by atoms with van der Waals surface area (Å²) in [5, 5.41) is 30.0. The maximum atomic E-state index is 9.23. The number of fused-ring (bicyclic) bond motifs is 1. The van der Waals surface area contributed by atoms with E-state index in [9.17, 15) is 5.26 Å². The number of aromatic nitrogens is 3. The maximum absolute atomic E-state index is 9.23. The molecule has 0 saturated heterocycles. The zero-order valence-electron chi connectivity index (χ0n) is 13.6. The Morgan fingerprint density at radius 1 is 1.19 bits per heavy atom. The lowest BCUT2D eigenvalue weighted by atomic mass is 10.1. The molecule has 0 fully saturated rings. The Kier molecular flexibility index (Phi) is 4.47. The van der Waals surface area contributed by atoms with Crippen LogP contribution in [0.2, 0.25) is 0 Å². The standard InChI is InChI=1S/C18H11N7O/c1-26-17-4-3-12(16-11-25-6-2-5-22-18(25)24-16)7-14(17)23-15(10-21)13(8-19)9-20/h2-7,11,23H,1H3. The molecule has 2 heterocycles. The topological polar surface area (TPSA) is 123 Å². The van der Waals surface area contributed by atoms with Crippen molar-refractivity contribution in [3.05, 3.63) is 54.1 Å². The van der Waals surface area contributed by atoms with Gasteiger partial charge in [0.1, 0.15) is 29.7 Å². The van der Waals surface area contributed by atoms with Gasteiger partial charge in [0, 0.05) is 24.2 Å². The molecular formula is C18H11N7O. The van der Waals surface area contributed by atoms with E-state index in [-0.39, 0.29) is 11.3 Å². The lowest BCUT2D eigenvalue weighted by molar-refractivity contribution is 0.417. The maximum Gasteiger partial charge on any atom is 0.234 e. The van der Waals surface area contributed by atoms with E-state index >= 15 is 0 Å². The van der Waals surface area contributed by atoms with Crippen LogP contribution in [0.4, 0.5) is 5.69 Å². The second-order valence-electron chi connectivity index (χ2n) is 5.08. The summed E-state index contributed by atoms with van der Waals surface area (Å²) in [7, 11) is 1.49. The van der Waals surface area contributed by atoms with Gasteiger partial charge in [0.2, 0.25) is 5.78 Å². The van der Waals surface area contributed by atoms with E-state index in [0.29, 0.717) is 22.9 Å². The fraction of sp³-hybridized carbons (Fsp3) is 0.0556. The molecule has 8 heteroatoms. The number of ether oxygens (including phenoxy) is 1. The summed E-state index contributed by atoms with van der Waals surface area (Å²) in [6.45, 7) is 0. The summed E-state index contributed by atoms with van der Waals surface area (Å²) in [5.74, 6) is 1.01. The molecule has 0 spiro atoms. The number of allylic oxidation sites excluding steroid dienone is 2. The van der Waals surface area contributed by atoms with Crippen molar-refractivity contribution in [1.82, 2.24) is 14.4 Å². The molecule has 0 radical (unpaired) electrons. The highest BCUT2D eigenvalue weighted by Crippen LogP contribution is 2.31. The van der Waals surface area contributed by atoms with Gasteiger partial charge < -0.3 is 10.1 Å². The number of methoxy groups -OCH3 is 1. The van der Waals surface area contributed by atoms with Crippen LogP contribution in [0.25, 0.3) is 17.0 Å². The first-order valence-corrected chi connectivity index (χ1v) is 7.40. The number of hydrogen-bond acceptors (Lipinski definition) is 7.